The quantitative estimate of drug-likeness (QED) is 0.0222. The van der Waals surface area contributed by atoms with Gasteiger partial charge in [-0.05, 0) is 57.8 Å². The van der Waals surface area contributed by atoms with Crippen molar-refractivity contribution >= 4 is 13.8 Å². The monoisotopic (exact) mass is 731 g/mol. The Bertz CT molecular complexity index is 858. The Balaban J connectivity index is 4.20. The number of phosphoric ester groups is 1. The van der Waals surface area contributed by atoms with Gasteiger partial charge >= 0.3 is 13.8 Å². The summed E-state index contributed by atoms with van der Waals surface area (Å²) in [6.07, 6.45) is 37.8. The lowest BCUT2D eigenvalue weighted by molar-refractivity contribution is -0.870. The van der Waals surface area contributed by atoms with Crippen molar-refractivity contribution in [3.05, 3.63) is 24.3 Å². The molecule has 0 aromatic carbocycles. The maximum absolute atomic E-state index is 12.6. The smallest absolute Gasteiger partial charge is 0.457 e. The summed E-state index contributed by atoms with van der Waals surface area (Å²) < 4.78 is 34.9. The number of hydrogen-bond acceptors (Lipinski definition) is 6. The summed E-state index contributed by atoms with van der Waals surface area (Å²) in [6.45, 7) is 5.54. The predicted molar refractivity (Wildman–Crippen MR) is 210 cm³/mol. The Morgan fingerprint density at radius 2 is 1.08 bits per heavy atom. The first kappa shape index (κ1) is 49.0. The molecule has 0 bridgehead atoms. The van der Waals surface area contributed by atoms with Crippen LogP contribution in [0.25, 0.3) is 0 Å². The Labute approximate surface area is 309 Å². The minimum atomic E-state index is -4.27. The molecule has 0 amide bonds. The minimum Gasteiger partial charge on any atom is -0.457 e. The third-order valence-corrected chi connectivity index (χ3v) is 9.70. The van der Waals surface area contributed by atoms with Crippen molar-refractivity contribution in [2.24, 2.45) is 0 Å². The van der Waals surface area contributed by atoms with E-state index in [1.54, 1.807) is 0 Å². The summed E-state index contributed by atoms with van der Waals surface area (Å²) in [5.74, 6) is -0.326. The van der Waals surface area contributed by atoms with Crippen molar-refractivity contribution in [2.75, 3.05) is 54.1 Å². The van der Waals surface area contributed by atoms with Crippen molar-refractivity contribution in [3.8, 4) is 0 Å². The Hall–Kier alpha value is -1.02. The molecule has 0 aromatic rings. The molecule has 0 rings (SSSR count). The zero-order chi connectivity index (χ0) is 37.0. The molecule has 9 heteroatoms. The van der Waals surface area contributed by atoms with Gasteiger partial charge in [-0.2, -0.15) is 0 Å². The van der Waals surface area contributed by atoms with Crippen LogP contribution < -0.4 is 0 Å². The maximum atomic E-state index is 12.6. The average molecular weight is 731 g/mol. The third-order valence-electron chi connectivity index (χ3n) is 8.72. The fraction of sp³-hybridized carbons (Fsp3) is 0.878. The van der Waals surface area contributed by atoms with E-state index in [0.717, 1.165) is 51.4 Å². The fourth-order valence-corrected chi connectivity index (χ4v) is 6.23. The number of esters is 1. The fourth-order valence-electron chi connectivity index (χ4n) is 5.49. The number of carbonyl (C=O) groups excluding carboxylic acids is 1. The normalized spacial score (nSPS) is 14.1. The highest BCUT2D eigenvalue weighted by Gasteiger charge is 2.26. The molecule has 0 aliphatic carbocycles. The van der Waals surface area contributed by atoms with Crippen LogP contribution in [0.5, 0.6) is 0 Å². The van der Waals surface area contributed by atoms with E-state index in [9.17, 15) is 14.3 Å². The van der Waals surface area contributed by atoms with E-state index < -0.39 is 13.9 Å². The highest BCUT2D eigenvalue weighted by molar-refractivity contribution is 7.47. The second kappa shape index (κ2) is 35.0. The van der Waals surface area contributed by atoms with E-state index in [2.05, 4.69) is 38.2 Å². The largest absolute Gasteiger partial charge is 0.472 e. The SMILES string of the molecule is CCC/C=C\CCCCCCCC(=O)OC(COCCCCCCCCCC/C=C\CCCCCCCC)COP(=O)(O)OCC[N+](C)(C)C. The first-order valence-corrected chi connectivity index (χ1v) is 22.1. The molecule has 0 aliphatic heterocycles. The van der Waals surface area contributed by atoms with E-state index in [-0.39, 0.29) is 25.8 Å². The standard InChI is InChI=1S/C41H80NO7P/c1-6-8-10-12-14-16-18-19-20-21-22-23-24-25-27-29-31-33-36-46-38-40(39-48-50(44,45)47-37-35-42(3,4)5)49-41(43)34-32-30-28-26-17-15-13-11-9-7-2/h11,13,19-20,40H,6-10,12,14-18,21-39H2,1-5H3/p+1/b13-11-,20-19-. The van der Waals surface area contributed by atoms with Crippen LogP contribution in [0, 0.1) is 0 Å². The van der Waals surface area contributed by atoms with Gasteiger partial charge in [0.25, 0.3) is 0 Å². The number of ether oxygens (including phenoxy) is 2. The molecule has 50 heavy (non-hydrogen) atoms. The lowest BCUT2D eigenvalue weighted by Gasteiger charge is -2.24. The van der Waals surface area contributed by atoms with E-state index in [1.165, 1.54) is 103 Å². The van der Waals surface area contributed by atoms with Gasteiger partial charge < -0.3 is 18.9 Å². The molecule has 296 valence electrons. The summed E-state index contributed by atoms with van der Waals surface area (Å²) in [4.78, 5) is 22.7. The molecule has 0 aromatic heterocycles. The van der Waals surface area contributed by atoms with Crippen LogP contribution in [0.1, 0.15) is 174 Å². The number of unbranched alkanes of at least 4 members (excludes halogenated alkanes) is 20. The number of rotatable bonds is 38. The van der Waals surface area contributed by atoms with Crippen molar-refractivity contribution < 1.29 is 37.3 Å². The zero-order valence-corrected chi connectivity index (χ0v) is 34.3. The molecular weight excluding hydrogens is 649 g/mol. The molecule has 1 N–H and O–H groups in total. The molecule has 0 radical (unpaired) electrons. The molecule has 2 atom stereocenters. The molecule has 0 aliphatic rings. The molecular formula is C41H81NO7P+. The van der Waals surface area contributed by atoms with Crippen LogP contribution in [0.2, 0.25) is 0 Å². The number of allylic oxidation sites excluding steroid dienone is 4. The van der Waals surface area contributed by atoms with Gasteiger partial charge in [0.15, 0.2) is 0 Å². The summed E-state index contributed by atoms with van der Waals surface area (Å²) in [7, 11) is 1.66. The average Bonchev–Trinajstić information content (AvgIpc) is 3.06. The highest BCUT2D eigenvalue weighted by atomic mass is 31.2. The van der Waals surface area contributed by atoms with Crippen LogP contribution in [-0.2, 0) is 27.9 Å². The van der Waals surface area contributed by atoms with Crippen LogP contribution in [0.4, 0.5) is 0 Å². The Kier molecular flexibility index (Phi) is 34.3. The molecule has 0 saturated carbocycles. The zero-order valence-electron chi connectivity index (χ0n) is 33.4. The minimum absolute atomic E-state index is 0.0873. The van der Waals surface area contributed by atoms with Crippen molar-refractivity contribution in [1.29, 1.82) is 0 Å². The summed E-state index contributed by atoms with van der Waals surface area (Å²) in [5, 5.41) is 0. The lowest BCUT2D eigenvalue weighted by Crippen LogP contribution is -2.37. The first-order valence-electron chi connectivity index (χ1n) is 20.6. The second-order valence-electron chi connectivity index (χ2n) is 15.0. The predicted octanol–water partition coefficient (Wildman–Crippen LogP) is 11.7. The number of nitrogens with zero attached hydrogens (tertiary/aromatic N) is 1. The molecule has 2 unspecified atom stereocenters. The number of quaternary nitrogens is 1. The van der Waals surface area contributed by atoms with E-state index >= 15 is 0 Å². The van der Waals surface area contributed by atoms with E-state index in [4.69, 9.17) is 18.5 Å². The number of carbonyl (C=O) groups is 1. The van der Waals surface area contributed by atoms with Gasteiger partial charge in [0.05, 0.1) is 34.4 Å². The van der Waals surface area contributed by atoms with Gasteiger partial charge in [-0.15, -0.1) is 0 Å². The van der Waals surface area contributed by atoms with E-state index in [0.29, 0.717) is 24.1 Å². The van der Waals surface area contributed by atoms with Gasteiger partial charge in [0.1, 0.15) is 19.3 Å². The van der Waals surface area contributed by atoms with Crippen LogP contribution in [0.3, 0.4) is 0 Å². The number of likely N-dealkylation sites (N-methyl/N-ethyl adjacent to an activating group) is 1. The van der Waals surface area contributed by atoms with E-state index in [1.807, 2.05) is 21.1 Å². The van der Waals surface area contributed by atoms with Gasteiger partial charge in [-0.3, -0.25) is 13.8 Å². The maximum Gasteiger partial charge on any atom is 0.472 e. The molecule has 0 heterocycles. The van der Waals surface area contributed by atoms with Gasteiger partial charge in [-0.1, -0.05) is 134 Å². The molecule has 8 nitrogen and oxygen atoms in total. The summed E-state index contributed by atoms with van der Waals surface area (Å²) in [5.41, 5.74) is 0. The van der Waals surface area contributed by atoms with Gasteiger partial charge in [0.2, 0.25) is 0 Å². The highest BCUT2D eigenvalue weighted by Crippen LogP contribution is 2.43. The lowest BCUT2D eigenvalue weighted by atomic mass is 10.1. The number of phosphoric acid groups is 1. The second-order valence-corrected chi connectivity index (χ2v) is 16.5. The summed E-state index contributed by atoms with van der Waals surface area (Å²) >= 11 is 0. The molecule has 0 fully saturated rings. The Morgan fingerprint density at radius 3 is 1.60 bits per heavy atom. The Morgan fingerprint density at radius 1 is 0.600 bits per heavy atom. The molecule has 0 saturated heterocycles. The van der Waals surface area contributed by atoms with Gasteiger partial charge in [0, 0.05) is 13.0 Å². The third kappa shape index (κ3) is 38.2. The van der Waals surface area contributed by atoms with Crippen LogP contribution >= 0.6 is 7.82 Å². The van der Waals surface area contributed by atoms with Crippen molar-refractivity contribution in [2.45, 2.75) is 180 Å². The van der Waals surface area contributed by atoms with Crippen LogP contribution in [0.15, 0.2) is 24.3 Å². The topological polar surface area (TPSA) is 91.3 Å². The van der Waals surface area contributed by atoms with Gasteiger partial charge in [-0.25, -0.2) is 4.57 Å². The van der Waals surface area contributed by atoms with Crippen LogP contribution in [-0.4, -0.2) is 75.6 Å². The number of hydrogen-bond donors (Lipinski definition) is 1. The molecule has 0 spiro atoms. The van der Waals surface area contributed by atoms with Crippen molar-refractivity contribution in [1.82, 2.24) is 0 Å². The van der Waals surface area contributed by atoms with Crippen molar-refractivity contribution in [3.63, 3.8) is 0 Å². The summed E-state index contributed by atoms with van der Waals surface area (Å²) in [6, 6.07) is 0. The first-order chi connectivity index (χ1) is 24.1.